The third kappa shape index (κ3) is 2.48. The monoisotopic (exact) mass is 250 g/mol. The summed E-state index contributed by atoms with van der Waals surface area (Å²) in [5.74, 6) is 0. The fourth-order valence-corrected chi connectivity index (χ4v) is 2.41. The summed E-state index contributed by atoms with van der Waals surface area (Å²) < 4.78 is 2.26. The SMILES string of the molecule is CCn1cccc1CNc1ccc2ccccc2c1. The highest BCUT2D eigenvalue weighted by atomic mass is 15.0. The van der Waals surface area contributed by atoms with Crippen molar-refractivity contribution in [3.8, 4) is 0 Å². The first kappa shape index (κ1) is 11.8. The van der Waals surface area contributed by atoms with E-state index in [0.717, 1.165) is 13.1 Å². The van der Waals surface area contributed by atoms with E-state index < -0.39 is 0 Å². The molecule has 2 aromatic carbocycles. The number of benzene rings is 2. The number of nitrogens with one attached hydrogen (secondary N) is 1. The predicted molar refractivity (Wildman–Crippen MR) is 81.4 cm³/mol. The van der Waals surface area contributed by atoms with Gasteiger partial charge in [0.25, 0.3) is 0 Å². The number of hydrogen-bond acceptors (Lipinski definition) is 1. The molecule has 0 atom stereocenters. The summed E-state index contributed by atoms with van der Waals surface area (Å²) in [7, 11) is 0. The molecule has 2 nitrogen and oxygen atoms in total. The quantitative estimate of drug-likeness (QED) is 0.731. The van der Waals surface area contributed by atoms with Crippen LogP contribution in [-0.2, 0) is 13.1 Å². The lowest BCUT2D eigenvalue weighted by atomic mass is 10.1. The molecule has 0 aliphatic heterocycles. The third-order valence-electron chi connectivity index (χ3n) is 3.49. The molecule has 1 N–H and O–H groups in total. The highest BCUT2D eigenvalue weighted by molar-refractivity contribution is 5.85. The minimum Gasteiger partial charge on any atom is -0.379 e. The molecule has 0 saturated heterocycles. The molecule has 1 heterocycles. The van der Waals surface area contributed by atoms with Crippen molar-refractivity contribution in [2.24, 2.45) is 0 Å². The average Bonchev–Trinajstić information content (AvgIpc) is 2.92. The van der Waals surface area contributed by atoms with Gasteiger partial charge in [-0.3, -0.25) is 0 Å². The maximum atomic E-state index is 3.49. The second kappa shape index (κ2) is 5.19. The first-order valence-corrected chi connectivity index (χ1v) is 6.73. The number of aryl methyl sites for hydroxylation is 1. The Bertz CT molecular complexity index is 682. The summed E-state index contributed by atoms with van der Waals surface area (Å²) in [5.41, 5.74) is 2.48. The smallest absolute Gasteiger partial charge is 0.0553 e. The maximum absolute atomic E-state index is 3.49. The molecular weight excluding hydrogens is 232 g/mol. The summed E-state index contributed by atoms with van der Waals surface area (Å²) in [6.45, 7) is 4.04. The van der Waals surface area contributed by atoms with E-state index in [-0.39, 0.29) is 0 Å². The van der Waals surface area contributed by atoms with E-state index >= 15 is 0 Å². The van der Waals surface area contributed by atoms with Crippen LogP contribution in [0.3, 0.4) is 0 Å². The second-order valence-corrected chi connectivity index (χ2v) is 4.70. The fraction of sp³-hybridized carbons (Fsp3) is 0.176. The maximum Gasteiger partial charge on any atom is 0.0553 e. The van der Waals surface area contributed by atoms with Gasteiger partial charge in [0.2, 0.25) is 0 Å². The topological polar surface area (TPSA) is 17.0 Å². The predicted octanol–water partition coefficient (Wildman–Crippen LogP) is 4.27. The van der Waals surface area contributed by atoms with E-state index in [1.54, 1.807) is 0 Å². The first-order valence-electron chi connectivity index (χ1n) is 6.73. The van der Waals surface area contributed by atoms with Gasteiger partial charge in [0.05, 0.1) is 6.54 Å². The Morgan fingerprint density at radius 3 is 2.63 bits per heavy atom. The Balaban J connectivity index is 1.78. The molecule has 3 aromatic rings. The van der Waals surface area contributed by atoms with E-state index in [4.69, 9.17) is 0 Å². The summed E-state index contributed by atoms with van der Waals surface area (Å²) in [4.78, 5) is 0. The lowest BCUT2D eigenvalue weighted by Gasteiger charge is -2.10. The van der Waals surface area contributed by atoms with Crippen LogP contribution in [0.4, 0.5) is 5.69 Å². The van der Waals surface area contributed by atoms with Gasteiger partial charge in [-0.1, -0.05) is 30.3 Å². The van der Waals surface area contributed by atoms with Crippen LogP contribution in [0.1, 0.15) is 12.6 Å². The van der Waals surface area contributed by atoms with Crippen molar-refractivity contribution in [3.05, 3.63) is 66.5 Å². The summed E-state index contributed by atoms with van der Waals surface area (Å²) in [6, 6.07) is 19.2. The van der Waals surface area contributed by atoms with Crippen molar-refractivity contribution in [2.45, 2.75) is 20.0 Å². The molecule has 2 heteroatoms. The molecule has 19 heavy (non-hydrogen) atoms. The van der Waals surface area contributed by atoms with Crippen LogP contribution >= 0.6 is 0 Å². The summed E-state index contributed by atoms with van der Waals surface area (Å²) in [6.07, 6.45) is 2.12. The van der Waals surface area contributed by atoms with Crippen molar-refractivity contribution in [2.75, 3.05) is 5.32 Å². The van der Waals surface area contributed by atoms with Crippen LogP contribution in [0.25, 0.3) is 10.8 Å². The van der Waals surface area contributed by atoms with Crippen LogP contribution in [0.15, 0.2) is 60.8 Å². The summed E-state index contributed by atoms with van der Waals surface area (Å²) in [5, 5.41) is 6.05. The van der Waals surface area contributed by atoms with Gasteiger partial charge >= 0.3 is 0 Å². The second-order valence-electron chi connectivity index (χ2n) is 4.70. The Hall–Kier alpha value is -2.22. The Kier molecular flexibility index (Phi) is 3.23. The number of anilines is 1. The van der Waals surface area contributed by atoms with E-state index in [1.165, 1.54) is 22.2 Å². The van der Waals surface area contributed by atoms with Crippen molar-refractivity contribution < 1.29 is 0 Å². The Morgan fingerprint density at radius 2 is 1.79 bits per heavy atom. The minimum atomic E-state index is 0.860. The first-order chi connectivity index (χ1) is 9.36. The van der Waals surface area contributed by atoms with E-state index in [9.17, 15) is 0 Å². The van der Waals surface area contributed by atoms with Gasteiger partial charge in [-0.2, -0.15) is 0 Å². The van der Waals surface area contributed by atoms with Gasteiger partial charge in [-0.25, -0.2) is 0 Å². The minimum absolute atomic E-state index is 0.860. The van der Waals surface area contributed by atoms with Gasteiger partial charge in [-0.15, -0.1) is 0 Å². The van der Waals surface area contributed by atoms with Gasteiger partial charge in [0, 0.05) is 24.1 Å². The highest BCUT2D eigenvalue weighted by Crippen LogP contribution is 2.19. The van der Waals surface area contributed by atoms with Crippen molar-refractivity contribution in [1.29, 1.82) is 0 Å². The van der Waals surface area contributed by atoms with Crippen molar-refractivity contribution in [1.82, 2.24) is 4.57 Å². The van der Waals surface area contributed by atoms with Crippen LogP contribution in [0.5, 0.6) is 0 Å². The molecule has 0 spiro atoms. The molecule has 0 aliphatic carbocycles. The van der Waals surface area contributed by atoms with Crippen molar-refractivity contribution in [3.63, 3.8) is 0 Å². The zero-order chi connectivity index (χ0) is 13.1. The largest absolute Gasteiger partial charge is 0.379 e. The summed E-state index contributed by atoms with van der Waals surface area (Å²) >= 11 is 0. The Labute approximate surface area is 113 Å². The number of aromatic nitrogens is 1. The van der Waals surface area contributed by atoms with Crippen LogP contribution in [-0.4, -0.2) is 4.57 Å². The van der Waals surface area contributed by atoms with Crippen LogP contribution in [0.2, 0.25) is 0 Å². The number of nitrogens with zero attached hydrogens (tertiary/aromatic N) is 1. The van der Waals surface area contributed by atoms with E-state index in [0.29, 0.717) is 0 Å². The molecule has 3 rings (SSSR count). The van der Waals surface area contributed by atoms with Crippen LogP contribution < -0.4 is 5.32 Å². The normalized spacial score (nSPS) is 10.8. The average molecular weight is 250 g/mol. The molecule has 0 aliphatic rings. The highest BCUT2D eigenvalue weighted by Gasteiger charge is 2.00. The molecule has 0 unspecified atom stereocenters. The molecule has 0 bridgehead atoms. The zero-order valence-corrected chi connectivity index (χ0v) is 11.1. The standard InChI is InChI=1S/C17H18N2/c1-2-19-11-5-8-17(19)13-18-16-10-9-14-6-3-4-7-15(14)12-16/h3-12,18H,2,13H2,1H3. The molecule has 96 valence electrons. The zero-order valence-electron chi connectivity index (χ0n) is 11.1. The molecule has 0 fully saturated rings. The molecule has 0 saturated carbocycles. The third-order valence-corrected chi connectivity index (χ3v) is 3.49. The van der Waals surface area contributed by atoms with Gasteiger partial charge in [0.1, 0.15) is 0 Å². The lowest BCUT2D eigenvalue weighted by molar-refractivity contribution is 0.724. The van der Waals surface area contributed by atoms with Gasteiger partial charge in [-0.05, 0) is 42.0 Å². The van der Waals surface area contributed by atoms with E-state index in [1.807, 2.05) is 0 Å². The Morgan fingerprint density at radius 1 is 0.947 bits per heavy atom. The number of rotatable bonds is 4. The fourth-order valence-electron chi connectivity index (χ4n) is 2.41. The number of fused-ring (bicyclic) bond motifs is 1. The lowest BCUT2D eigenvalue weighted by Crippen LogP contribution is -2.05. The molecule has 0 radical (unpaired) electrons. The van der Waals surface area contributed by atoms with E-state index in [2.05, 4.69) is 77.6 Å². The molecular formula is C17H18N2. The van der Waals surface area contributed by atoms with Crippen molar-refractivity contribution >= 4 is 16.5 Å². The van der Waals surface area contributed by atoms with Gasteiger partial charge in [0.15, 0.2) is 0 Å². The number of hydrogen-bond donors (Lipinski definition) is 1. The van der Waals surface area contributed by atoms with Crippen LogP contribution in [0, 0.1) is 0 Å². The van der Waals surface area contributed by atoms with Gasteiger partial charge < -0.3 is 9.88 Å². The molecule has 1 aromatic heterocycles. The molecule has 0 amide bonds.